The van der Waals surface area contributed by atoms with E-state index in [0.717, 1.165) is 16.3 Å². The molecule has 0 radical (unpaired) electrons. The van der Waals surface area contributed by atoms with E-state index in [1.54, 1.807) is 6.08 Å². The fraction of sp³-hybridized carbons (Fsp3) is 0.0870. The van der Waals surface area contributed by atoms with Crippen molar-refractivity contribution in [2.24, 2.45) is 0 Å². The fourth-order valence-electron chi connectivity index (χ4n) is 2.84. The summed E-state index contributed by atoms with van der Waals surface area (Å²) in [6.45, 7) is 0.127. The van der Waals surface area contributed by atoms with Crippen molar-refractivity contribution in [1.29, 1.82) is 0 Å². The number of carbonyl (C=O) groups excluding carboxylic acids is 1. The number of benzene rings is 3. The van der Waals surface area contributed by atoms with E-state index in [2.05, 4.69) is 10.2 Å². The second-order valence-corrected chi connectivity index (χ2v) is 7.26. The van der Waals surface area contributed by atoms with E-state index in [9.17, 15) is 9.18 Å². The lowest BCUT2D eigenvalue weighted by molar-refractivity contribution is 0.0549. The summed E-state index contributed by atoms with van der Waals surface area (Å²) in [4.78, 5) is 11.8. The molecule has 0 saturated carbocycles. The van der Waals surface area contributed by atoms with Gasteiger partial charge in [-0.2, -0.15) is 0 Å². The Bertz CT molecular complexity index is 1180. The molecule has 0 aliphatic carbocycles. The molecule has 0 saturated heterocycles. The summed E-state index contributed by atoms with van der Waals surface area (Å²) >= 11 is 1.39. The summed E-state index contributed by atoms with van der Waals surface area (Å²) in [6.07, 6.45) is 3.58. The largest absolute Gasteiger partial charge is 0.458 e. The highest BCUT2D eigenvalue weighted by atomic mass is 32.2. The Morgan fingerprint density at radius 3 is 2.67 bits per heavy atom. The molecule has 0 atom stereocenters. The van der Waals surface area contributed by atoms with Crippen molar-refractivity contribution in [2.75, 3.05) is 12.4 Å². The van der Waals surface area contributed by atoms with Crippen LogP contribution in [0.2, 0.25) is 0 Å². The number of carbonyl (C=O) groups is 1. The van der Waals surface area contributed by atoms with Crippen LogP contribution >= 0.6 is 11.8 Å². The Morgan fingerprint density at radius 1 is 1.00 bits per heavy atom. The Labute approximate surface area is 176 Å². The van der Waals surface area contributed by atoms with Gasteiger partial charge in [0.05, 0.1) is 5.56 Å². The van der Waals surface area contributed by atoms with Crippen molar-refractivity contribution < 1.29 is 18.3 Å². The van der Waals surface area contributed by atoms with E-state index >= 15 is 0 Å². The van der Waals surface area contributed by atoms with Crippen molar-refractivity contribution in [3.63, 3.8) is 0 Å². The topological polar surface area (TPSA) is 65.2 Å². The quantitative estimate of drug-likeness (QED) is 0.222. The average Bonchev–Trinajstić information content (AvgIpc) is 3.25. The smallest absolute Gasteiger partial charge is 0.338 e. The normalized spacial score (nSPS) is 11.2. The summed E-state index contributed by atoms with van der Waals surface area (Å²) in [5.74, 6) is 0.175. The highest BCUT2D eigenvalue weighted by Crippen LogP contribution is 2.29. The first-order valence-corrected chi connectivity index (χ1v) is 10.2. The Hall–Kier alpha value is -3.45. The SMILES string of the molecule is O=C(OC/C=C/CSc1nnc(-c2cccc3ccccc23)o1)c1ccc(F)cc1. The van der Waals surface area contributed by atoms with Gasteiger partial charge in [-0.15, -0.1) is 10.2 Å². The van der Waals surface area contributed by atoms with Gasteiger partial charge in [0.25, 0.3) is 5.22 Å². The van der Waals surface area contributed by atoms with E-state index in [1.165, 1.54) is 36.0 Å². The van der Waals surface area contributed by atoms with E-state index in [0.29, 0.717) is 22.4 Å². The predicted molar refractivity (Wildman–Crippen MR) is 114 cm³/mol. The maximum atomic E-state index is 12.9. The molecule has 0 fully saturated rings. The molecule has 150 valence electrons. The molecular formula is C23H17FN2O3S. The molecule has 30 heavy (non-hydrogen) atoms. The zero-order chi connectivity index (χ0) is 20.8. The van der Waals surface area contributed by atoms with E-state index < -0.39 is 11.8 Å². The van der Waals surface area contributed by atoms with E-state index in [-0.39, 0.29) is 6.61 Å². The summed E-state index contributed by atoms with van der Waals surface area (Å²) < 4.78 is 23.8. The van der Waals surface area contributed by atoms with Gasteiger partial charge in [-0.25, -0.2) is 9.18 Å². The monoisotopic (exact) mass is 420 g/mol. The minimum Gasteiger partial charge on any atom is -0.458 e. The highest BCUT2D eigenvalue weighted by Gasteiger charge is 2.11. The third kappa shape index (κ3) is 4.75. The summed E-state index contributed by atoms with van der Waals surface area (Å²) in [5.41, 5.74) is 1.21. The number of rotatable bonds is 7. The van der Waals surface area contributed by atoms with Gasteiger partial charge in [0.2, 0.25) is 5.89 Å². The van der Waals surface area contributed by atoms with Crippen LogP contribution < -0.4 is 0 Å². The van der Waals surface area contributed by atoms with Crippen molar-refractivity contribution in [1.82, 2.24) is 10.2 Å². The van der Waals surface area contributed by atoms with Gasteiger partial charge in [-0.3, -0.25) is 0 Å². The van der Waals surface area contributed by atoms with Crippen molar-refractivity contribution in [3.8, 4) is 11.5 Å². The maximum absolute atomic E-state index is 12.9. The third-order valence-electron chi connectivity index (χ3n) is 4.29. The van der Waals surface area contributed by atoms with Crippen molar-refractivity contribution in [3.05, 3.63) is 90.3 Å². The number of halogens is 1. The molecule has 4 aromatic rings. The first-order valence-electron chi connectivity index (χ1n) is 9.23. The minimum absolute atomic E-state index is 0.127. The van der Waals surface area contributed by atoms with Gasteiger partial charge in [0, 0.05) is 11.3 Å². The van der Waals surface area contributed by atoms with Crippen LogP contribution in [0.15, 0.2) is 88.5 Å². The number of esters is 1. The number of thioether (sulfide) groups is 1. The number of hydrogen-bond donors (Lipinski definition) is 0. The zero-order valence-corrected chi connectivity index (χ0v) is 16.6. The number of nitrogens with zero attached hydrogens (tertiary/aromatic N) is 2. The molecule has 4 rings (SSSR count). The number of ether oxygens (including phenoxy) is 1. The van der Waals surface area contributed by atoms with E-state index in [1.807, 2.05) is 48.5 Å². The summed E-state index contributed by atoms with van der Waals surface area (Å²) in [6, 6.07) is 19.2. The Morgan fingerprint density at radius 2 is 1.80 bits per heavy atom. The molecule has 0 aliphatic rings. The first kappa shape index (κ1) is 19.8. The second kappa shape index (κ2) is 9.37. The molecule has 0 aliphatic heterocycles. The molecule has 3 aromatic carbocycles. The van der Waals surface area contributed by atoms with Gasteiger partial charge in [-0.05, 0) is 41.1 Å². The second-order valence-electron chi connectivity index (χ2n) is 6.29. The van der Waals surface area contributed by atoms with Crippen LogP contribution in [0.5, 0.6) is 0 Å². The van der Waals surface area contributed by atoms with Gasteiger partial charge >= 0.3 is 5.97 Å². The van der Waals surface area contributed by atoms with Gasteiger partial charge in [0.15, 0.2) is 0 Å². The molecule has 7 heteroatoms. The van der Waals surface area contributed by atoms with Crippen LogP contribution in [0, 0.1) is 5.82 Å². The molecular weight excluding hydrogens is 403 g/mol. The Kier molecular flexibility index (Phi) is 6.20. The van der Waals surface area contributed by atoms with Crippen molar-refractivity contribution >= 4 is 28.5 Å². The number of hydrogen-bond acceptors (Lipinski definition) is 6. The van der Waals surface area contributed by atoms with Crippen LogP contribution in [0.3, 0.4) is 0 Å². The standard InChI is InChI=1S/C23H17FN2O3S/c24-18-12-10-17(11-13-18)22(27)28-14-3-4-15-30-23-26-25-21(29-23)20-9-5-7-16-6-1-2-8-19(16)20/h1-13H,14-15H2/b4-3+. The number of fused-ring (bicyclic) bond motifs is 1. The van der Waals surface area contributed by atoms with Gasteiger partial charge < -0.3 is 9.15 Å². The summed E-state index contributed by atoms with van der Waals surface area (Å²) in [5, 5.41) is 10.9. The van der Waals surface area contributed by atoms with Crippen molar-refractivity contribution in [2.45, 2.75) is 5.22 Å². The molecule has 0 unspecified atom stereocenters. The van der Waals surface area contributed by atoms with Crippen LogP contribution in [0.25, 0.3) is 22.2 Å². The first-order chi connectivity index (χ1) is 14.7. The fourth-order valence-corrected chi connectivity index (χ4v) is 3.45. The van der Waals surface area contributed by atoms with Crippen LogP contribution in [0.4, 0.5) is 4.39 Å². The van der Waals surface area contributed by atoms with E-state index in [4.69, 9.17) is 9.15 Å². The molecule has 0 spiro atoms. The van der Waals surface area contributed by atoms with Crippen LogP contribution in [0.1, 0.15) is 10.4 Å². The number of aromatic nitrogens is 2. The van der Waals surface area contributed by atoms with Gasteiger partial charge in [-0.1, -0.05) is 60.3 Å². The summed E-state index contributed by atoms with van der Waals surface area (Å²) in [7, 11) is 0. The molecule has 1 aromatic heterocycles. The molecule has 5 nitrogen and oxygen atoms in total. The van der Waals surface area contributed by atoms with Crippen LogP contribution in [-0.2, 0) is 4.74 Å². The Balaban J connectivity index is 1.28. The average molecular weight is 420 g/mol. The zero-order valence-electron chi connectivity index (χ0n) is 15.8. The minimum atomic E-state index is -0.496. The lowest BCUT2D eigenvalue weighted by Crippen LogP contribution is -2.04. The molecule has 0 bridgehead atoms. The molecule has 1 heterocycles. The van der Waals surface area contributed by atoms with Gasteiger partial charge in [0.1, 0.15) is 12.4 Å². The predicted octanol–water partition coefficient (Wildman–Crippen LogP) is 5.53. The van der Waals surface area contributed by atoms with Crippen LogP contribution in [-0.4, -0.2) is 28.5 Å². The molecule has 0 amide bonds. The highest BCUT2D eigenvalue weighted by molar-refractivity contribution is 7.99. The lowest BCUT2D eigenvalue weighted by Gasteiger charge is -2.01. The third-order valence-corrected chi connectivity index (χ3v) is 5.06. The maximum Gasteiger partial charge on any atom is 0.338 e. The lowest BCUT2D eigenvalue weighted by atomic mass is 10.0. The molecule has 0 N–H and O–H groups in total.